The van der Waals surface area contributed by atoms with E-state index in [-0.39, 0.29) is 30.9 Å². The third kappa shape index (κ3) is 5.01. The normalized spacial score (nSPS) is 18.2. The van der Waals surface area contributed by atoms with Crippen LogP contribution in [0.3, 0.4) is 0 Å². The molecule has 2 atom stereocenters. The smallest absolute Gasteiger partial charge is 0.271 e. The molecule has 0 radical (unpaired) electrons. The molecule has 2 unspecified atom stereocenters. The van der Waals surface area contributed by atoms with E-state index in [1.165, 1.54) is 18.2 Å². The quantitative estimate of drug-likeness (QED) is 0.752. The molecule has 1 saturated heterocycles. The van der Waals surface area contributed by atoms with Gasteiger partial charge in [0.2, 0.25) is 0 Å². The molecule has 25 heavy (non-hydrogen) atoms. The van der Waals surface area contributed by atoms with Crippen LogP contribution >= 0.6 is 12.4 Å². The maximum absolute atomic E-state index is 13.2. The number of aliphatic hydroxyl groups is 1. The van der Waals surface area contributed by atoms with Crippen molar-refractivity contribution in [1.82, 2.24) is 20.4 Å². The van der Waals surface area contributed by atoms with Crippen molar-refractivity contribution in [2.24, 2.45) is 0 Å². The second-order valence-corrected chi connectivity index (χ2v) is 5.96. The van der Waals surface area contributed by atoms with Gasteiger partial charge in [-0.05, 0) is 43.1 Å². The maximum Gasteiger partial charge on any atom is 0.271 e. The second-order valence-electron chi connectivity index (χ2n) is 5.96. The minimum atomic E-state index is -0.964. The molecule has 0 saturated carbocycles. The van der Waals surface area contributed by atoms with Crippen LogP contribution in [0.1, 0.15) is 41.0 Å². The van der Waals surface area contributed by atoms with E-state index in [0.717, 1.165) is 25.9 Å². The van der Waals surface area contributed by atoms with Crippen LogP contribution in [0.15, 0.2) is 36.5 Å². The number of rotatable bonds is 5. The lowest BCUT2D eigenvalue weighted by atomic mass is 10.1. The van der Waals surface area contributed by atoms with Gasteiger partial charge in [0.25, 0.3) is 5.91 Å². The molecule has 1 aliphatic heterocycles. The first kappa shape index (κ1) is 19.4. The number of nitrogens with zero attached hydrogens (tertiary/aromatic N) is 2. The van der Waals surface area contributed by atoms with Gasteiger partial charge in [-0.3, -0.25) is 9.48 Å². The van der Waals surface area contributed by atoms with Crippen molar-refractivity contribution in [3.63, 3.8) is 0 Å². The highest BCUT2D eigenvalue weighted by Gasteiger charge is 2.18. The van der Waals surface area contributed by atoms with E-state index in [1.807, 2.05) is 4.68 Å². The van der Waals surface area contributed by atoms with E-state index in [0.29, 0.717) is 11.3 Å². The van der Waals surface area contributed by atoms with Crippen LogP contribution in [0.4, 0.5) is 4.39 Å². The Kier molecular flexibility index (Phi) is 6.92. The van der Waals surface area contributed by atoms with Crippen LogP contribution < -0.4 is 10.6 Å². The number of nitrogens with one attached hydrogen (secondary N) is 2. The highest BCUT2D eigenvalue weighted by atomic mass is 35.5. The van der Waals surface area contributed by atoms with Crippen molar-refractivity contribution >= 4 is 18.3 Å². The zero-order chi connectivity index (χ0) is 16.9. The fraction of sp³-hybridized carbons (Fsp3) is 0.412. The van der Waals surface area contributed by atoms with E-state index in [2.05, 4.69) is 15.7 Å². The van der Waals surface area contributed by atoms with Crippen LogP contribution in [0, 0.1) is 5.82 Å². The Morgan fingerprint density at radius 3 is 3.04 bits per heavy atom. The molecule has 0 spiro atoms. The number of amides is 1. The predicted molar refractivity (Wildman–Crippen MR) is 94.3 cm³/mol. The monoisotopic (exact) mass is 368 g/mol. The lowest BCUT2D eigenvalue weighted by molar-refractivity contribution is 0.0910. The van der Waals surface area contributed by atoms with Gasteiger partial charge in [-0.2, -0.15) is 5.10 Å². The van der Waals surface area contributed by atoms with Crippen LogP contribution in [-0.2, 0) is 0 Å². The number of carbonyl (C=O) groups excluding carboxylic acids is 1. The Morgan fingerprint density at radius 2 is 2.32 bits per heavy atom. The second kappa shape index (κ2) is 8.94. The molecule has 1 amide bonds. The number of aliphatic hydroxyl groups excluding tert-OH is 1. The van der Waals surface area contributed by atoms with Gasteiger partial charge in [-0.15, -0.1) is 12.4 Å². The summed E-state index contributed by atoms with van der Waals surface area (Å²) in [5.41, 5.74) is 0.737. The summed E-state index contributed by atoms with van der Waals surface area (Å²) in [7, 11) is 0. The average Bonchev–Trinajstić information content (AvgIpc) is 3.10. The zero-order valence-corrected chi connectivity index (χ0v) is 14.5. The Morgan fingerprint density at radius 1 is 1.48 bits per heavy atom. The molecule has 1 fully saturated rings. The average molecular weight is 369 g/mol. The first-order valence-corrected chi connectivity index (χ1v) is 8.11. The molecule has 0 bridgehead atoms. The highest BCUT2D eigenvalue weighted by molar-refractivity contribution is 5.92. The van der Waals surface area contributed by atoms with E-state index in [1.54, 1.807) is 18.3 Å². The van der Waals surface area contributed by atoms with Crippen molar-refractivity contribution in [2.45, 2.75) is 25.0 Å². The van der Waals surface area contributed by atoms with Crippen molar-refractivity contribution in [1.29, 1.82) is 0 Å². The molecule has 1 aliphatic rings. The summed E-state index contributed by atoms with van der Waals surface area (Å²) in [5, 5.41) is 20.3. The topological polar surface area (TPSA) is 79.2 Å². The molecule has 0 aliphatic carbocycles. The SMILES string of the molecule is Cl.O=C(NCC(O)c1cccc(F)c1)c1ccn(C2CCCNC2)n1. The molecule has 2 aromatic rings. The fourth-order valence-electron chi connectivity index (χ4n) is 2.83. The maximum atomic E-state index is 13.2. The Hall–Kier alpha value is -1.96. The Balaban J connectivity index is 0.00000225. The molecule has 8 heteroatoms. The number of hydrogen-bond acceptors (Lipinski definition) is 4. The summed E-state index contributed by atoms with van der Waals surface area (Å²) >= 11 is 0. The molecule has 3 N–H and O–H groups in total. The van der Waals surface area contributed by atoms with Gasteiger partial charge in [0, 0.05) is 19.3 Å². The predicted octanol–water partition coefficient (Wildman–Crippen LogP) is 1.83. The van der Waals surface area contributed by atoms with E-state index < -0.39 is 11.9 Å². The number of carbonyl (C=O) groups is 1. The lowest BCUT2D eigenvalue weighted by Crippen LogP contribution is -2.32. The molecule has 136 valence electrons. The van der Waals surface area contributed by atoms with Crippen LogP contribution in [-0.4, -0.2) is 40.4 Å². The molecule has 2 heterocycles. The minimum Gasteiger partial charge on any atom is -0.387 e. The zero-order valence-electron chi connectivity index (χ0n) is 13.7. The van der Waals surface area contributed by atoms with Gasteiger partial charge >= 0.3 is 0 Å². The van der Waals surface area contributed by atoms with E-state index in [4.69, 9.17) is 0 Å². The van der Waals surface area contributed by atoms with E-state index in [9.17, 15) is 14.3 Å². The van der Waals surface area contributed by atoms with Gasteiger partial charge in [0.05, 0.1) is 12.1 Å². The van der Waals surface area contributed by atoms with Crippen LogP contribution in [0.5, 0.6) is 0 Å². The van der Waals surface area contributed by atoms with Crippen LogP contribution in [0.2, 0.25) is 0 Å². The Labute approximate surface area is 151 Å². The number of benzene rings is 1. The summed E-state index contributed by atoms with van der Waals surface area (Å²) in [6, 6.07) is 7.63. The van der Waals surface area contributed by atoms with Crippen molar-refractivity contribution < 1.29 is 14.3 Å². The van der Waals surface area contributed by atoms with Crippen LogP contribution in [0.25, 0.3) is 0 Å². The number of halogens is 2. The third-order valence-corrected chi connectivity index (χ3v) is 4.18. The standard InChI is InChI=1S/C17H21FN4O2.ClH/c18-13-4-1-3-12(9-13)16(23)11-20-17(24)15-6-8-22(21-15)14-5-2-7-19-10-14;/h1,3-4,6,8-9,14,16,19,23H,2,5,7,10-11H2,(H,20,24);1H. The summed E-state index contributed by atoms with van der Waals surface area (Å²) < 4.78 is 15.0. The number of aromatic nitrogens is 2. The highest BCUT2D eigenvalue weighted by Crippen LogP contribution is 2.16. The van der Waals surface area contributed by atoms with Gasteiger partial charge in [-0.25, -0.2) is 4.39 Å². The van der Waals surface area contributed by atoms with Gasteiger partial charge < -0.3 is 15.7 Å². The molecule has 1 aromatic carbocycles. The summed E-state index contributed by atoms with van der Waals surface area (Å²) in [6.07, 6.45) is 2.96. The molecule has 6 nitrogen and oxygen atoms in total. The van der Waals surface area contributed by atoms with E-state index >= 15 is 0 Å². The summed E-state index contributed by atoms with van der Waals surface area (Å²) in [4.78, 5) is 12.2. The first-order chi connectivity index (χ1) is 11.6. The van der Waals surface area contributed by atoms with Gasteiger partial charge in [-0.1, -0.05) is 12.1 Å². The molecular weight excluding hydrogens is 347 g/mol. The summed E-state index contributed by atoms with van der Waals surface area (Å²) in [5.74, 6) is -0.773. The van der Waals surface area contributed by atoms with Crippen molar-refractivity contribution in [3.8, 4) is 0 Å². The molecule has 3 rings (SSSR count). The fourth-order valence-corrected chi connectivity index (χ4v) is 2.83. The third-order valence-electron chi connectivity index (χ3n) is 4.18. The first-order valence-electron chi connectivity index (χ1n) is 8.11. The summed E-state index contributed by atoms with van der Waals surface area (Å²) in [6.45, 7) is 1.87. The lowest BCUT2D eigenvalue weighted by Gasteiger charge is -2.22. The number of piperidine rings is 1. The molecule has 1 aromatic heterocycles. The van der Waals surface area contributed by atoms with Crippen molar-refractivity contribution in [2.75, 3.05) is 19.6 Å². The number of hydrogen-bond donors (Lipinski definition) is 3. The van der Waals surface area contributed by atoms with Crippen molar-refractivity contribution in [3.05, 3.63) is 53.6 Å². The largest absolute Gasteiger partial charge is 0.387 e. The Bertz CT molecular complexity index is 703. The molecular formula is C17H22ClFN4O2. The van der Waals surface area contributed by atoms with Gasteiger partial charge in [0.15, 0.2) is 0 Å². The minimum absolute atomic E-state index is 0. The van der Waals surface area contributed by atoms with Gasteiger partial charge in [0.1, 0.15) is 11.5 Å².